The van der Waals surface area contributed by atoms with E-state index >= 15 is 0 Å². The van der Waals surface area contributed by atoms with E-state index in [0.717, 1.165) is 22.5 Å². The van der Waals surface area contributed by atoms with E-state index in [4.69, 9.17) is 4.74 Å². The minimum Gasteiger partial charge on any atom is -0.495 e. The van der Waals surface area contributed by atoms with E-state index in [1.54, 1.807) is 26.4 Å². The number of benzene rings is 2. The molecule has 0 aliphatic rings. The monoisotopic (exact) mass is 391 g/mol. The number of methoxy groups -OCH3 is 1. The molecular formula is C23H25N3O3. The first-order valence-corrected chi connectivity index (χ1v) is 9.36. The smallest absolute Gasteiger partial charge is 0.247 e. The Hall–Kier alpha value is -3.38. The first kappa shape index (κ1) is 20.4. The largest absolute Gasteiger partial charge is 0.495 e. The molecule has 150 valence electrons. The standard InChI is InChI=1S/C23H25N3O3/c1-16(23(28)24-13-21(27)19-7-5-4-6-8-19)11-18-9-10-20(22(12-18)29-3)26-14-17(2)25-15-26/h4-12,14-15,21,27H,13H2,1-3H3,(H,24,28). The first-order valence-electron chi connectivity index (χ1n) is 9.36. The first-order chi connectivity index (χ1) is 14.0. The molecule has 29 heavy (non-hydrogen) atoms. The van der Waals surface area contributed by atoms with E-state index in [2.05, 4.69) is 10.3 Å². The second kappa shape index (κ2) is 9.21. The average molecular weight is 391 g/mol. The minimum absolute atomic E-state index is 0.149. The van der Waals surface area contributed by atoms with Crippen molar-refractivity contribution in [3.63, 3.8) is 0 Å². The summed E-state index contributed by atoms with van der Waals surface area (Å²) in [6, 6.07) is 15.0. The van der Waals surface area contributed by atoms with Gasteiger partial charge in [0.15, 0.2) is 0 Å². The van der Waals surface area contributed by atoms with Crippen molar-refractivity contribution in [2.45, 2.75) is 20.0 Å². The van der Waals surface area contributed by atoms with Crippen LogP contribution >= 0.6 is 0 Å². The van der Waals surface area contributed by atoms with Crippen molar-refractivity contribution in [1.82, 2.24) is 14.9 Å². The van der Waals surface area contributed by atoms with Gasteiger partial charge >= 0.3 is 0 Å². The van der Waals surface area contributed by atoms with Crippen molar-refractivity contribution in [3.05, 3.63) is 83.4 Å². The van der Waals surface area contributed by atoms with E-state index in [1.807, 2.05) is 66.2 Å². The van der Waals surface area contributed by atoms with Crippen LogP contribution in [0.2, 0.25) is 0 Å². The van der Waals surface area contributed by atoms with Crippen LogP contribution in [0.15, 0.2) is 66.6 Å². The number of carbonyl (C=O) groups excluding carboxylic acids is 1. The fourth-order valence-electron chi connectivity index (χ4n) is 2.99. The molecule has 1 atom stereocenters. The molecule has 0 aliphatic heterocycles. The average Bonchev–Trinajstić information content (AvgIpc) is 3.18. The molecule has 0 bridgehead atoms. The summed E-state index contributed by atoms with van der Waals surface area (Å²) in [6.07, 6.45) is 4.70. The van der Waals surface area contributed by atoms with Gasteiger partial charge in [-0.05, 0) is 43.2 Å². The molecule has 0 saturated carbocycles. The summed E-state index contributed by atoms with van der Waals surface area (Å²) >= 11 is 0. The number of aliphatic hydroxyl groups is 1. The van der Waals surface area contributed by atoms with Gasteiger partial charge in [-0.1, -0.05) is 36.4 Å². The van der Waals surface area contributed by atoms with Crippen LogP contribution in [0.1, 0.15) is 29.8 Å². The van der Waals surface area contributed by atoms with Gasteiger partial charge in [-0.25, -0.2) is 4.98 Å². The van der Waals surface area contributed by atoms with Crippen LogP contribution in [0.4, 0.5) is 0 Å². The Kier molecular flexibility index (Phi) is 6.46. The maximum Gasteiger partial charge on any atom is 0.247 e. The molecule has 0 saturated heterocycles. The zero-order chi connectivity index (χ0) is 20.8. The number of carbonyl (C=O) groups is 1. The highest BCUT2D eigenvalue weighted by molar-refractivity contribution is 5.97. The maximum absolute atomic E-state index is 12.4. The summed E-state index contributed by atoms with van der Waals surface area (Å²) in [6.45, 7) is 3.82. The van der Waals surface area contributed by atoms with Gasteiger partial charge in [0.1, 0.15) is 5.75 Å². The van der Waals surface area contributed by atoms with Crippen LogP contribution in [0, 0.1) is 6.92 Å². The SMILES string of the molecule is COc1cc(C=C(C)C(=O)NCC(O)c2ccccc2)ccc1-n1cnc(C)c1. The molecule has 3 rings (SSSR count). The number of hydrogen-bond acceptors (Lipinski definition) is 4. The van der Waals surface area contributed by atoms with Crippen LogP contribution in [0.3, 0.4) is 0 Å². The Morgan fingerprint density at radius 3 is 2.69 bits per heavy atom. The lowest BCUT2D eigenvalue weighted by Gasteiger charge is -2.13. The zero-order valence-corrected chi connectivity index (χ0v) is 16.8. The highest BCUT2D eigenvalue weighted by Crippen LogP contribution is 2.25. The minimum atomic E-state index is -0.744. The fourth-order valence-corrected chi connectivity index (χ4v) is 2.99. The van der Waals surface area contributed by atoms with Gasteiger partial charge in [0.2, 0.25) is 5.91 Å². The molecule has 1 aromatic heterocycles. The molecule has 0 aliphatic carbocycles. The maximum atomic E-state index is 12.4. The van der Waals surface area contributed by atoms with Gasteiger partial charge in [0.05, 0.1) is 30.9 Å². The molecule has 2 N–H and O–H groups in total. The number of ether oxygens (including phenoxy) is 1. The van der Waals surface area contributed by atoms with E-state index in [9.17, 15) is 9.90 Å². The molecule has 6 nitrogen and oxygen atoms in total. The Morgan fingerprint density at radius 2 is 2.03 bits per heavy atom. The lowest BCUT2D eigenvalue weighted by Crippen LogP contribution is -2.28. The second-order valence-corrected chi connectivity index (χ2v) is 6.82. The van der Waals surface area contributed by atoms with E-state index in [1.165, 1.54) is 0 Å². The Bertz CT molecular complexity index is 1010. The number of aromatic nitrogens is 2. The van der Waals surface area contributed by atoms with Gasteiger partial charge in [0.25, 0.3) is 0 Å². The van der Waals surface area contributed by atoms with Gasteiger partial charge < -0.3 is 19.7 Å². The van der Waals surface area contributed by atoms with Crippen molar-refractivity contribution in [3.8, 4) is 11.4 Å². The summed E-state index contributed by atoms with van der Waals surface area (Å²) in [7, 11) is 1.61. The number of amides is 1. The van der Waals surface area contributed by atoms with Crippen molar-refractivity contribution in [1.29, 1.82) is 0 Å². The zero-order valence-electron chi connectivity index (χ0n) is 16.8. The molecule has 3 aromatic rings. The Balaban J connectivity index is 1.69. The van der Waals surface area contributed by atoms with Crippen LogP contribution < -0.4 is 10.1 Å². The Labute approximate surface area is 170 Å². The van der Waals surface area contributed by atoms with Crippen LogP contribution in [-0.2, 0) is 4.79 Å². The number of rotatable bonds is 7. The lowest BCUT2D eigenvalue weighted by atomic mass is 10.1. The number of aliphatic hydroxyl groups excluding tert-OH is 1. The third kappa shape index (κ3) is 5.12. The summed E-state index contributed by atoms with van der Waals surface area (Å²) in [5.74, 6) is 0.456. The third-order valence-corrected chi connectivity index (χ3v) is 4.58. The molecule has 1 heterocycles. The topological polar surface area (TPSA) is 76.4 Å². The lowest BCUT2D eigenvalue weighted by molar-refractivity contribution is -0.117. The highest BCUT2D eigenvalue weighted by atomic mass is 16.5. The molecule has 0 spiro atoms. The van der Waals surface area contributed by atoms with Crippen molar-refractivity contribution in [2.75, 3.05) is 13.7 Å². The molecule has 1 amide bonds. The summed E-state index contributed by atoms with van der Waals surface area (Å²) in [4.78, 5) is 16.6. The predicted octanol–water partition coefficient (Wildman–Crippen LogP) is 3.44. The number of nitrogens with one attached hydrogen (secondary N) is 1. The van der Waals surface area contributed by atoms with Crippen LogP contribution in [-0.4, -0.2) is 34.2 Å². The number of hydrogen-bond donors (Lipinski definition) is 2. The van der Waals surface area contributed by atoms with Crippen LogP contribution in [0.25, 0.3) is 11.8 Å². The summed E-state index contributed by atoms with van der Waals surface area (Å²) < 4.78 is 7.40. The fraction of sp³-hybridized carbons (Fsp3) is 0.217. The normalized spacial score (nSPS) is 12.5. The highest BCUT2D eigenvalue weighted by Gasteiger charge is 2.11. The molecular weight excluding hydrogens is 366 g/mol. The molecule has 6 heteroatoms. The summed E-state index contributed by atoms with van der Waals surface area (Å²) in [5.41, 5.74) is 3.95. The van der Waals surface area contributed by atoms with Crippen molar-refractivity contribution >= 4 is 12.0 Å². The van der Waals surface area contributed by atoms with E-state index < -0.39 is 6.10 Å². The molecule has 2 aromatic carbocycles. The number of imidazole rings is 1. The van der Waals surface area contributed by atoms with Crippen LogP contribution in [0.5, 0.6) is 5.75 Å². The summed E-state index contributed by atoms with van der Waals surface area (Å²) in [5, 5.41) is 13.0. The predicted molar refractivity (Wildman–Crippen MR) is 113 cm³/mol. The van der Waals surface area contributed by atoms with Gasteiger partial charge in [0, 0.05) is 18.3 Å². The quantitative estimate of drug-likeness (QED) is 0.605. The van der Waals surface area contributed by atoms with Gasteiger partial charge in [-0.3, -0.25) is 4.79 Å². The van der Waals surface area contributed by atoms with E-state index in [0.29, 0.717) is 11.3 Å². The van der Waals surface area contributed by atoms with E-state index in [-0.39, 0.29) is 12.5 Å². The molecule has 0 radical (unpaired) electrons. The molecule has 1 unspecified atom stereocenters. The van der Waals surface area contributed by atoms with Crippen molar-refractivity contribution in [2.24, 2.45) is 0 Å². The van der Waals surface area contributed by atoms with Gasteiger partial charge in [-0.15, -0.1) is 0 Å². The number of aryl methyl sites for hydroxylation is 1. The molecule has 0 fully saturated rings. The number of nitrogens with zero attached hydrogens (tertiary/aromatic N) is 2. The second-order valence-electron chi connectivity index (χ2n) is 6.82. The third-order valence-electron chi connectivity index (χ3n) is 4.58. The Morgan fingerprint density at radius 1 is 1.28 bits per heavy atom. The van der Waals surface area contributed by atoms with Gasteiger partial charge in [-0.2, -0.15) is 0 Å². The van der Waals surface area contributed by atoms with Crippen molar-refractivity contribution < 1.29 is 14.6 Å².